The van der Waals surface area contributed by atoms with Crippen LogP contribution in [-0.2, 0) is 0 Å². The third kappa shape index (κ3) is 3.23. The number of thiol groups is 1. The number of likely N-dealkylation sites (N-methyl/N-ethyl adjacent to an activating group) is 1. The summed E-state index contributed by atoms with van der Waals surface area (Å²) in [4.78, 5) is 5.34. The fourth-order valence-electron chi connectivity index (χ4n) is 3.96. The van der Waals surface area contributed by atoms with Gasteiger partial charge in [-0.3, -0.25) is 4.90 Å². The lowest BCUT2D eigenvalue weighted by molar-refractivity contribution is 0.173. The van der Waals surface area contributed by atoms with Crippen molar-refractivity contribution < 1.29 is 0 Å². The highest BCUT2D eigenvalue weighted by Crippen LogP contribution is 2.40. The molecule has 1 aliphatic heterocycles. The quantitative estimate of drug-likeness (QED) is 0.742. The fourth-order valence-corrected chi connectivity index (χ4v) is 4.38. The Bertz CT molecular complexity index is 247. The van der Waals surface area contributed by atoms with Crippen LogP contribution in [0.25, 0.3) is 0 Å². The average Bonchev–Trinajstić information content (AvgIpc) is 3.02. The Morgan fingerprint density at radius 3 is 2.44 bits per heavy atom. The average molecular weight is 270 g/mol. The highest BCUT2D eigenvalue weighted by Gasteiger charge is 2.36. The zero-order valence-electron chi connectivity index (χ0n) is 12.2. The first-order chi connectivity index (χ1) is 8.73. The second-order valence-electron chi connectivity index (χ2n) is 6.26. The maximum Gasteiger partial charge on any atom is 0.0235 e. The number of rotatable bonds is 6. The first-order valence-electron chi connectivity index (χ1n) is 7.80. The van der Waals surface area contributed by atoms with Crippen molar-refractivity contribution >= 4 is 12.6 Å². The van der Waals surface area contributed by atoms with Crippen molar-refractivity contribution in [3.8, 4) is 0 Å². The second kappa shape index (κ2) is 6.62. The van der Waals surface area contributed by atoms with Gasteiger partial charge in [0.05, 0.1) is 0 Å². The van der Waals surface area contributed by atoms with Crippen molar-refractivity contribution in [1.82, 2.24) is 9.80 Å². The molecule has 2 aliphatic rings. The van der Waals surface area contributed by atoms with Crippen LogP contribution < -0.4 is 0 Å². The van der Waals surface area contributed by atoms with E-state index in [4.69, 9.17) is 0 Å². The van der Waals surface area contributed by atoms with E-state index in [9.17, 15) is 0 Å². The SMILES string of the molecule is CCN(CC)C1CCN(CC2(CS)CCCC2)C1. The van der Waals surface area contributed by atoms with Gasteiger partial charge in [-0.05, 0) is 50.1 Å². The first-order valence-corrected chi connectivity index (χ1v) is 8.43. The molecule has 18 heavy (non-hydrogen) atoms. The van der Waals surface area contributed by atoms with Gasteiger partial charge in [0.1, 0.15) is 0 Å². The first kappa shape index (κ1) is 14.7. The minimum absolute atomic E-state index is 0.543. The van der Waals surface area contributed by atoms with Gasteiger partial charge in [-0.1, -0.05) is 26.7 Å². The highest BCUT2D eigenvalue weighted by atomic mass is 32.1. The molecule has 2 nitrogen and oxygen atoms in total. The second-order valence-corrected chi connectivity index (χ2v) is 6.58. The van der Waals surface area contributed by atoms with E-state index in [2.05, 4.69) is 36.3 Å². The molecule has 0 N–H and O–H groups in total. The van der Waals surface area contributed by atoms with Crippen LogP contribution in [0.3, 0.4) is 0 Å². The third-order valence-electron chi connectivity index (χ3n) is 5.13. The van der Waals surface area contributed by atoms with E-state index < -0.39 is 0 Å². The standard InChI is InChI=1S/C15H30N2S/c1-3-17(4-2)14-7-10-16(11-14)12-15(13-18)8-5-6-9-15/h14,18H,3-13H2,1-2H3. The molecule has 2 fully saturated rings. The van der Waals surface area contributed by atoms with E-state index in [0.717, 1.165) is 11.8 Å². The minimum atomic E-state index is 0.543. The summed E-state index contributed by atoms with van der Waals surface area (Å²) in [7, 11) is 0. The molecule has 0 aromatic carbocycles. The molecule has 0 aromatic heterocycles. The van der Waals surface area contributed by atoms with E-state index in [1.807, 2.05) is 0 Å². The maximum absolute atomic E-state index is 4.64. The van der Waals surface area contributed by atoms with E-state index in [1.54, 1.807) is 0 Å². The van der Waals surface area contributed by atoms with Crippen molar-refractivity contribution in [2.24, 2.45) is 5.41 Å². The summed E-state index contributed by atoms with van der Waals surface area (Å²) >= 11 is 4.64. The monoisotopic (exact) mass is 270 g/mol. The summed E-state index contributed by atoms with van der Waals surface area (Å²) in [5.74, 6) is 1.08. The van der Waals surface area contributed by atoms with Crippen molar-refractivity contribution in [3.63, 3.8) is 0 Å². The Kier molecular flexibility index (Phi) is 5.40. The number of likely N-dealkylation sites (tertiary alicyclic amines) is 1. The van der Waals surface area contributed by atoms with Crippen LogP contribution >= 0.6 is 12.6 Å². The maximum atomic E-state index is 4.64. The lowest BCUT2D eigenvalue weighted by Crippen LogP contribution is -2.40. The van der Waals surface area contributed by atoms with Crippen molar-refractivity contribution in [2.75, 3.05) is 38.5 Å². The molecule has 1 atom stereocenters. The predicted molar refractivity (Wildman–Crippen MR) is 82.5 cm³/mol. The molecule has 1 aliphatic carbocycles. The Balaban J connectivity index is 1.85. The summed E-state index contributed by atoms with van der Waals surface area (Å²) in [6, 6.07) is 0.804. The molecule has 106 valence electrons. The summed E-state index contributed by atoms with van der Waals surface area (Å²) in [6.45, 7) is 10.9. The van der Waals surface area contributed by atoms with E-state index in [0.29, 0.717) is 5.41 Å². The lowest BCUT2D eigenvalue weighted by Gasteiger charge is -2.33. The number of hydrogen-bond donors (Lipinski definition) is 1. The highest BCUT2D eigenvalue weighted by molar-refractivity contribution is 7.80. The Morgan fingerprint density at radius 1 is 1.22 bits per heavy atom. The normalized spacial score (nSPS) is 28.3. The topological polar surface area (TPSA) is 6.48 Å². The van der Waals surface area contributed by atoms with Crippen LogP contribution in [0.1, 0.15) is 46.0 Å². The molecule has 1 unspecified atom stereocenters. The molecular formula is C15H30N2S. The zero-order chi connectivity index (χ0) is 13.0. The van der Waals surface area contributed by atoms with Gasteiger partial charge >= 0.3 is 0 Å². The van der Waals surface area contributed by atoms with Gasteiger partial charge in [-0.2, -0.15) is 12.6 Å². The van der Waals surface area contributed by atoms with Crippen LogP contribution in [0.2, 0.25) is 0 Å². The van der Waals surface area contributed by atoms with Gasteiger partial charge in [0.2, 0.25) is 0 Å². The predicted octanol–water partition coefficient (Wildman–Crippen LogP) is 2.89. The van der Waals surface area contributed by atoms with Crippen molar-refractivity contribution in [3.05, 3.63) is 0 Å². The molecular weight excluding hydrogens is 240 g/mol. The van der Waals surface area contributed by atoms with Crippen molar-refractivity contribution in [1.29, 1.82) is 0 Å². The van der Waals surface area contributed by atoms with Crippen LogP contribution in [0, 0.1) is 5.41 Å². The zero-order valence-corrected chi connectivity index (χ0v) is 13.1. The van der Waals surface area contributed by atoms with E-state index >= 15 is 0 Å². The van der Waals surface area contributed by atoms with Gasteiger partial charge in [0.25, 0.3) is 0 Å². The Morgan fingerprint density at radius 2 is 1.89 bits per heavy atom. The third-order valence-corrected chi connectivity index (χ3v) is 5.81. The molecule has 0 spiro atoms. The minimum Gasteiger partial charge on any atom is -0.301 e. The largest absolute Gasteiger partial charge is 0.301 e. The molecule has 2 rings (SSSR count). The molecule has 0 aromatic rings. The summed E-state index contributed by atoms with van der Waals surface area (Å²) in [5, 5.41) is 0. The van der Waals surface area contributed by atoms with Crippen LogP contribution in [0.5, 0.6) is 0 Å². The van der Waals surface area contributed by atoms with Crippen molar-refractivity contribution in [2.45, 2.75) is 52.0 Å². The molecule has 1 saturated carbocycles. The smallest absolute Gasteiger partial charge is 0.0235 e. The Labute approximate surface area is 119 Å². The number of hydrogen-bond acceptors (Lipinski definition) is 3. The fraction of sp³-hybridized carbons (Fsp3) is 1.00. The number of nitrogens with zero attached hydrogens (tertiary/aromatic N) is 2. The van der Waals surface area contributed by atoms with Gasteiger partial charge in [-0.25, -0.2) is 0 Å². The molecule has 3 heteroatoms. The lowest BCUT2D eigenvalue weighted by atomic mass is 9.88. The van der Waals surface area contributed by atoms with E-state index in [1.165, 1.54) is 64.8 Å². The van der Waals surface area contributed by atoms with Crippen LogP contribution in [0.4, 0.5) is 0 Å². The summed E-state index contributed by atoms with van der Waals surface area (Å²) in [5.41, 5.74) is 0.543. The molecule has 1 saturated heterocycles. The molecule has 0 amide bonds. The molecule has 0 bridgehead atoms. The van der Waals surface area contributed by atoms with Gasteiger partial charge in [0, 0.05) is 19.1 Å². The van der Waals surface area contributed by atoms with Crippen LogP contribution in [0.15, 0.2) is 0 Å². The Hall–Kier alpha value is 0.270. The summed E-state index contributed by atoms with van der Waals surface area (Å²) < 4.78 is 0. The van der Waals surface area contributed by atoms with Crippen LogP contribution in [-0.4, -0.2) is 54.3 Å². The van der Waals surface area contributed by atoms with Gasteiger partial charge in [-0.15, -0.1) is 0 Å². The van der Waals surface area contributed by atoms with Gasteiger partial charge in [0.15, 0.2) is 0 Å². The van der Waals surface area contributed by atoms with E-state index in [-0.39, 0.29) is 0 Å². The van der Waals surface area contributed by atoms with Gasteiger partial charge < -0.3 is 4.90 Å². The molecule has 0 radical (unpaired) electrons. The molecule has 1 heterocycles. The summed E-state index contributed by atoms with van der Waals surface area (Å²) in [6.07, 6.45) is 7.03.